The molecule has 2 aliphatic rings. The molecule has 38 heavy (non-hydrogen) atoms. The van der Waals surface area contributed by atoms with E-state index in [9.17, 15) is 4.79 Å². The molecule has 1 fully saturated rings. The number of rotatable bonds is 6. The van der Waals surface area contributed by atoms with E-state index in [1.54, 1.807) is 18.2 Å². The van der Waals surface area contributed by atoms with Crippen LogP contribution in [0.5, 0.6) is 5.75 Å². The minimum Gasteiger partial charge on any atom is -0.494 e. The summed E-state index contributed by atoms with van der Waals surface area (Å²) in [4.78, 5) is 31.6. The molecule has 11 heteroatoms. The number of hydrogen-bond donors (Lipinski definition) is 0. The van der Waals surface area contributed by atoms with Gasteiger partial charge in [-0.25, -0.2) is 15.0 Å². The van der Waals surface area contributed by atoms with E-state index in [4.69, 9.17) is 35.5 Å². The van der Waals surface area contributed by atoms with Gasteiger partial charge in [0.2, 0.25) is 5.91 Å². The largest absolute Gasteiger partial charge is 0.494 e. The van der Waals surface area contributed by atoms with Crippen LogP contribution < -0.4 is 14.5 Å². The molecule has 0 spiro atoms. The Morgan fingerprint density at radius 3 is 2.39 bits per heavy atom. The third kappa shape index (κ3) is 5.15. The Labute approximate surface area is 232 Å². The second-order valence-electron chi connectivity index (χ2n) is 12.3. The molecule has 4 heterocycles. The van der Waals surface area contributed by atoms with Crippen LogP contribution in [-0.2, 0) is 26.0 Å². The number of carbonyl (C=O) groups is 1. The average Bonchev–Trinajstić information content (AvgIpc) is 3.01. The molecule has 2 aromatic heterocycles. The first-order valence-electron chi connectivity index (χ1n) is 13.1. The highest BCUT2D eigenvalue weighted by molar-refractivity contribution is 6.74. The van der Waals surface area contributed by atoms with E-state index in [0.29, 0.717) is 28.6 Å². The maximum Gasteiger partial charge on any atom is 0.243 e. The third-order valence-corrected chi connectivity index (χ3v) is 12.6. The lowest BCUT2D eigenvalue weighted by Gasteiger charge is -2.36. The second kappa shape index (κ2) is 10.0. The molecule has 0 saturated carbocycles. The number of halogens is 1. The fourth-order valence-corrected chi connectivity index (χ4v) is 6.03. The molecule has 1 saturated heterocycles. The number of carbonyl (C=O) groups excluding carboxylic acids is 1. The lowest BCUT2D eigenvalue weighted by atomic mass is 9.88. The Morgan fingerprint density at radius 1 is 1.18 bits per heavy atom. The molecule has 2 aromatic rings. The number of amides is 1. The van der Waals surface area contributed by atoms with Gasteiger partial charge in [0, 0.05) is 24.7 Å². The standard InChI is InChI=1S/C27H40ClN5O4Si/c1-16-13-32(14-17(2)37-16)21-11-19(35-8)18(12-29-21)33-24-22(27(6,7)25(33)34)23(28)30-20(31-24)15-36-38(9,10)26(3,4)5/h11-12,16-17H,13-15H2,1-10H3/t16-,17+. The summed E-state index contributed by atoms with van der Waals surface area (Å²) in [6, 6.07) is 1.86. The highest BCUT2D eigenvalue weighted by atomic mass is 35.5. The van der Waals surface area contributed by atoms with Gasteiger partial charge in [0.15, 0.2) is 14.1 Å². The molecule has 1 amide bonds. The third-order valence-electron chi connectivity index (χ3n) is 7.87. The van der Waals surface area contributed by atoms with Gasteiger partial charge in [-0.05, 0) is 45.8 Å². The Hall–Kier alpha value is -2.27. The number of nitrogens with zero attached hydrogens (tertiary/aromatic N) is 5. The first-order valence-corrected chi connectivity index (χ1v) is 16.3. The molecule has 2 atom stereocenters. The van der Waals surface area contributed by atoms with E-state index in [2.05, 4.69) is 43.7 Å². The van der Waals surface area contributed by atoms with Crippen LogP contribution in [0.25, 0.3) is 0 Å². The molecule has 0 bridgehead atoms. The lowest BCUT2D eigenvalue weighted by Crippen LogP contribution is -2.45. The molecule has 0 N–H and O–H groups in total. The molecular formula is C27H40ClN5O4Si. The first-order chi connectivity index (χ1) is 17.6. The van der Waals surface area contributed by atoms with Crippen molar-refractivity contribution in [3.63, 3.8) is 0 Å². The number of anilines is 3. The summed E-state index contributed by atoms with van der Waals surface area (Å²) < 4.78 is 18.0. The van der Waals surface area contributed by atoms with Gasteiger partial charge < -0.3 is 18.8 Å². The zero-order chi connectivity index (χ0) is 28.2. The van der Waals surface area contributed by atoms with E-state index < -0.39 is 13.7 Å². The van der Waals surface area contributed by atoms with Crippen LogP contribution in [0.4, 0.5) is 17.3 Å². The van der Waals surface area contributed by atoms with Gasteiger partial charge in [-0.1, -0.05) is 32.4 Å². The molecule has 0 radical (unpaired) electrons. The van der Waals surface area contributed by atoms with Gasteiger partial charge in [-0.15, -0.1) is 0 Å². The molecule has 4 rings (SSSR count). The van der Waals surface area contributed by atoms with Crippen LogP contribution in [0.3, 0.4) is 0 Å². The van der Waals surface area contributed by atoms with Crippen LogP contribution in [0.2, 0.25) is 23.3 Å². The Kier molecular flexibility index (Phi) is 7.59. The number of morpholine rings is 1. The Balaban J connectivity index is 1.74. The number of aromatic nitrogens is 3. The summed E-state index contributed by atoms with van der Waals surface area (Å²) in [6.07, 6.45) is 1.85. The van der Waals surface area contributed by atoms with E-state index >= 15 is 0 Å². The van der Waals surface area contributed by atoms with E-state index in [1.165, 1.54) is 0 Å². The zero-order valence-corrected chi connectivity index (χ0v) is 25.9. The van der Waals surface area contributed by atoms with Gasteiger partial charge in [0.05, 0.1) is 37.5 Å². The molecule has 0 aliphatic carbocycles. The normalized spacial score (nSPS) is 21.6. The Bertz CT molecular complexity index is 1220. The van der Waals surface area contributed by atoms with Crippen molar-refractivity contribution in [1.82, 2.24) is 15.0 Å². The fraction of sp³-hybridized carbons (Fsp3) is 0.630. The molecule has 0 unspecified atom stereocenters. The zero-order valence-electron chi connectivity index (χ0n) is 24.2. The van der Waals surface area contributed by atoms with Crippen LogP contribution in [-0.4, -0.2) is 61.6 Å². The summed E-state index contributed by atoms with van der Waals surface area (Å²) in [7, 11) is -0.460. The average molecular weight is 562 g/mol. The summed E-state index contributed by atoms with van der Waals surface area (Å²) in [6.45, 7) is 20.3. The van der Waals surface area contributed by atoms with Gasteiger partial charge in [-0.3, -0.25) is 9.69 Å². The highest BCUT2D eigenvalue weighted by Crippen LogP contribution is 2.49. The highest BCUT2D eigenvalue weighted by Gasteiger charge is 2.49. The smallest absolute Gasteiger partial charge is 0.243 e. The van der Waals surface area contributed by atoms with Gasteiger partial charge >= 0.3 is 0 Å². The van der Waals surface area contributed by atoms with E-state index in [1.807, 2.05) is 33.8 Å². The number of fused-ring (bicyclic) bond motifs is 1. The summed E-state index contributed by atoms with van der Waals surface area (Å²) in [5, 5.41) is 0.290. The maximum absolute atomic E-state index is 13.8. The van der Waals surface area contributed by atoms with Crippen molar-refractivity contribution in [2.24, 2.45) is 0 Å². The number of hydrogen-bond acceptors (Lipinski definition) is 8. The van der Waals surface area contributed by atoms with Gasteiger partial charge in [-0.2, -0.15) is 0 Å². The van der Waals surface area contributed by atoms with Crippen molar-refractivity contribution >= 4 is 43.1 Å². The number of methoxy groups -OCH3 is 1. The maximum atomic E-state index is 13.8. The van der Waals surface area contributed by atoms with E-state index in [0.717, 1.165) is 18.9 Å². The van der Waals surface area contributed by atoms with Crippen molar-refractivity contribution < 1.29 is 18.7 Å². The van der Waals surface area contributed by atoms with Crippen LogP contribution in [0.15, 0.2) is 12.3 Å². The monoisotopic (exact) mass is 561 g/mol. The summed E-state index contributed by atoms with van der Waals surface area (Å²) in [5.41, 5.74) is 0.167. The topological polar surface area (TPSA) is 89.9 Å². The first kappa shape index (κ1) is 28.7. The van der Waals surface area contributed by atoms with Gasteiger partial charge in [0.25, 0.3) is 0 Å². The van der Waals surface area contributed by atoms with Crippen molar-refractivity contribution in [3.05, 3.63) is 28.8 Å². The molecule has 2 aliphatic heterocycles. The predicted molar refractivity (Wildman–Crippen MR) is 152 cm³/mol. The van der Waals surface area contributed by atoms with Crippen LogP contribution >= 0.6 is 11.6 Å². The summed E-state index contributed by atoms with van der Waals surface area (Å²) in [5.74, 6) is 1.99. The fourth-order valence-electron chi connectivity index (χ4n) is 4.68. The van der Waals surface area contributed by atoms with Crippen LogP contribution in [0, 0.1) is 0 Å². The number of ether oxygens (including phenoxy) is 2. The molecule has 0 aromatic carbocycles. The Morgan fingerprint density at radius 2 is 1.82 bits per heavy atom. The van der Waals surface area contributed by atoms with Gasteiger partial charge in [0.1, 0.15) is 28.2 Å². The quantitative estimate of drug-likeness (QED) is 0.331. The minimum absolute atomic E-state index is 0.0361. The molecule has 9 nitrogen and oxygen atoms in total. The van der Waals surface area contributed by atoms with Crippen molar-refractivity contribution in [1.29, 1.82) is 0 Å². The number of pyridine rings is 1. The molecular weight excluding hydrogens is 522 g/mol. The van der Waals surface area contributed by atoms with Crippen LogP contribution in [0.1, 0.15) is 59.9 Å². The van der Waals surface area contributed by atoms with Crippen molar-refractivity contribution in [3.8, 4) is 5.75 Å². The SMILES string of the molecule is COc1cc(N2C[C@@H](C)O[C@@H](C)C2)ncc1N1C(=O)C(C)(C)c2c(Cl)nc(CO[Si](C)(C)C(C)(C)C)nc21. The second-order valence-corrected chi connectivity index (χ2v) is 17.5. The van der Waals surface area contributed by atoms with E-state index in [-0.39, 0.29) is 34.9 Å². The predicted octanol–water partition coefficient (Wildman–Crippen LogP) is 5.62. The lowest BCUT2D eigenvalue weighted by molar-refractivity contribution is -0.121. The minimum atomic E-state index is -2.05. The van der Waals surface area contributed by atoms with Crippen molar-refractivity contribution in [2.75, 3.05) is 30.0 Å². The van der Waals surface area contributed by atoms with Crippen molar-refractivity contribution in [2.45, 2.75) is 90.8 Å². The summed E-state index contributed by atoms with van der Waals surface area (Å²) >= 11 is 6.71. The molecule has 208 valence electrons.